The Labute approximate surface area is 179 Å². The summed E-state index contributed by atoms with van der Waals surface area (Å²) in [6.45, 7) is 0. The number of aromatic carboxylic acids is 1. The monoisotopic (exact) mass is 412 g/mol. The van der Waals surface area contributed by atoms with Crippen LogP contribution in [0.4, 0.5) is 5.69 Å². The molecule has 0 saturated heterocycles. The molecule has 0 aliphatic heterocycles. The summed E-state index contributed by atoms with van der Waals surface area (Å²) in [5, 5.41) is 14.4. The Kier molecular flexibility index (Phi) is 7.11. The first-order valence-electron chi connectivity index (χ1n) is 9.47. The fourth-order valence-electron chi connectivity index (χ4n) is 2.71. The van der Waals surface area contributed by atoms with Crippen LogP contribution in [0.3, 0.4) is 0 Å². The van der Waals surface area contributed by atoms with Crippen LogP contribution in [-0.2, 0) is 4.79 Å². The second kappa shape index (κ2) is 10.4. The molecule has 0 aliphatic rings. The summed E-state index contributed by atoms with van der Waals surface area (Å²) < 4.78 is 0. The highest BCUT2D eigenvalue weighted by Crippen LogP contribution is 2.12. The number of carbonyl (C=O) groups is 3. The van der Waals surface area contributed by atoms with Crippen LogP contribution in [0.1, 0.15) is 26.3 Å². The van der Waals surface area contributed by atoms with Crippen molar-refractivity contribution < 1.29 is 19.5 Å². The van der Waals surface area contributed by atoms with Gasteiger partial charge in [-0.25, -0.2) is 4.79 Å². The van der Waals surface area contributed by atoms with Crippen LogP contribution in [0.15, 0.2) is 103 Å². The van der Waals surface area contributed by atoms with E-state index in [1.165, 1.54) is 24.3 Å². The van der Waals surface area contributed by atoms with Crippen LogP contribution in [0.2, 0.25) is 0 Å². The Morgan fingerprint density at radius 3 is 2.10 bits per heavy atom. The van der Waals surface area contributed by atoms with Gasteiger partial charge in [0.15, 0.2) is 0 Å². The second-order valence-corrected chi connectivity index (χ2v) is 6.51. The lowest BCUT2D eigenvalue weighted by Crippen LogP contribution is -2.30. The van der Waals surface area contributed by atoms with Gasteiger partial charge in [0.05, 0.1) is 5.56 Å². The van der Waals surface area contributed by atoms with Gasteiger partial charge < -0.3 is 15.7 Å². The van der Waals surface area contributed by atoms with Gasteiger partial charge >= 0.3 is 5.97 Å². The van der Waals surface area contributed by atoms with Gasteiger partial charge in [-0.15, -0.1) is 0 Å². The van der Waals surface area contributed by atoms with Gasteiger partial charge in [0.1, 0.15) is 5.70 Å². The molecule has 3 N–H and O–H groups in total. The van der Waals surface area contributed by atoms with E-state index in [9.17, 15) is 14.4 Å². The van der Waals surface area contributed by atoms with Crippen LogP contribution >= 0.6 is 0 Å². The van der Waals surface area contributed by atoms with Crippen molar-refractivity contribution in [1.29, 1.82) is 0 Å². The number of carboxylic acids is 1. The molecule has 0 saturated carbocycles. The first kappa shape index (κ1) is 21.3. The molecule has 0 spiro atoms. The van der Waals surface area contributed by atoms with E-state index < -0.39 is 17.8 Å². The zero-order chi connectivity index (χ0) is 22.1. The molecule has 0 aromatic heterocycles. The SMILES string of the molecule is O=C(Nc1cccc(C(=O)O)c1)/C(=C/C=C/c1ccccc1)NC(=O)c1ccccc1. The highest BCUT2D eigenvalue weighted by atomic mass is 16.4. The molecule has 3 rings (SSSR count). The molecule has 6 heteroatoms. The standard InChI is InChI=1S/C25H20N2O4/c28-23(19-12-5-2-6-13-19)27-22(16-7-11-18-9-3-1-4-10-18)24(29)26-21-15-8-14-20(17-21)25(30)31/h1-17H,(H,26,29)(H,27,28)(H,30,31)/b11-7+,22-16-. The van der Waals surface area contributed by atoms with Gasteiger partial charge in [0, 0.05) is 11.3 Å². The normalized spacial score (nSPS) is 11.2. The van der Waals surface area contributed by atoms with E-state index in [0.29, 0.717) is 11.3 Å². The smallest absolute Gasteiger partial charge is 0.335 e. The van der Waals surface area contributed by atoms with Crippen molar-refractivity contribution in [3.63, 3.8) is 0 Å². The van der Waals surface area contributed by atoms with Crippen LogP contribution in [-0.4, -0.2) is 22.9 Å². The van der Waals surface area contributed by atoms with Crippen LogP contribution < -0.4 is 10.6 Å². The molecule has 31 heavy (non-hydrogen) atoms. The third-order valence-electron chi connectivity index (χ3n) is 4.25. The van der Waals surface area contributed by atoms with Crippen molar-refractivity contribution in [3.8, 4) is 0 Å². The van der Waals surface area contributed by atoms with Crippen LogP contribution in [0.25, 0.3) is 6.08 Å². The van der Waals surface area contributed by atoms with Crippen LogP contribution in [0.5, 0.6) is 0 Å². The Bertz CT molecular complexity index is 1140. The number of hydrogen-bond donors (Lipinski definition) is 3. The largest absolute Gasteiger partial charge is 0.478 e. The molecular weight excluding hydrogens is 392 g/mol. The molecule has 154 valence electrons. The minimum atomic E-state index is -1.10. The molecule has 0 atom stereocenters. The zero-order valence-corrected chi connectivity index (χ0v) is 16.5. The van der Waals surface area contributed by atoms with E-state index in [0.717, 1.165) is 5.56 Å². The summed E-state index contributed by atoms with van der Waals surface area (Å²) in [6.07, 6.45) is 4.94. The van der Waals surface area contributed by atoms with Crippen LogP contribution in [0, 0.1) is 0 Å². The number of hydrogen-bond acceptors (Lipinski definition) is 3. The molecule has 0 unspecified atom stereocenters. The maximum Gasteiger partial charge on any atom is 0.335 e. The van der Waals surface area contributed by atoms with E-state index in [-0.39, 0.29) is 11.3 Å². The number of allylic oxidation sites excluding steroid dienone is 2. The summed E-state index contributed by atoms with van der Waals surface area (Å²) >= 11 is 0. The first-order chi connectivity index (χ1) is 15.0. The summed E-state index contributed by atoms with van der Waals surface area (Å²) in [4.78, 5) is 36.5. The fraction of sp³-hybridized carbons (Fsp3) is 0. The molecule has 0 bridgehead atoms. The summed E-state index contributed by atoms with van der Waals surface area (Å²) in [7, 11) is 0. The maximum atomic E-state index is 12.8. The molecule has 6 nitrogen and oxygen atoms in total. The number of rotatable bonds is 7. The number of benzene rings is 3. The van der Waals surface area contributed by atoms with E-state index >= 15 is 0 Å². The highest BCUT2D eigenvalue weighted by Gasteiger charge is 2.14. The van der Waals surface area contributed by atoms with E-state index in [2.05, 4.69) is 10.6 Å². The molecule has 0 radical (unpaired) electrons. The summed E-state index contributed by atoms with van der Waals surface area (Å²) in [5.41, 5.74) is 1.70. The predicted octanol–water partition coefficient (Wildman–Crippen LogP) is 4.35. The third-order valence-corrected chi connectivity index (χ3v) is 4.25. The van der Waals surface area contributed by atoms with Crippen molar-refractivity contribution >= 4 is 29.5 Å². The number of nitrogens with one attached hydrogen (secondary N) is 2. The Morgan fingerprint density at radius 1 is 0.774 bits per heavy atom. The first-order valence-corrected chi connectivity index (χ1v) is 9.47. The topological polar surface area (TPSA) is 95.5 Å². The van der Waals surface area contributed by atoms with Gasteiger partial charge in [-0.1, -0.05) is 66.7 Å². The molecule has 0 heterocycles. The van der Waals surface area contributed by atoms with Gasteiger partial charge in [0.2, 0.25) is 0 Å². The summed E-state index contributed by atoms with van der Waals surface area (Å²) in [6, 6.07) is 23.9. The molecule has 2 amide bonds. The Hall–Kier alpha value is -4.45. The molecule has 0 aliphatic carbocycles. The van der Waals surface area contributed by atoms with E-state index in [4.69, 9.17) is 5.11 Å². The van der Waals surface area contributed by atoms with Gasteiger partial charge in [0.25, 0.3) is 11.8 Å². The number of carbonyl (C=O) groups excluding carboxylic acids is 2. The average molecular weight is 412 g/mol. The lowest BCUT2D eigenvalue weighted by molar-refractivity contribution is -0.113. The molecule has 3 aromatic carbocycles. The molecular formula is C25H20N2O4. The fourth-order valence-corrected chi connectivity index (χ4v) is 2.71. The number of carboxylic acid groups (broad SMARTS) is 1. The van der Waals surface area contributed by atoms with Gasteiger partial charge in [-0.2, -0.15) is 0 Å². The number of amides is 2. The lowest BCUT2D eigenvalue weighted by atomic mass is 10.2. The quantitative estimate of drug-likeness (QED) is 0.397. The lowest BCUT2D eigenvalue weighted by Gasteiger charge is -2.11. The van der Waals surface area contributed by atoms with Crippen molar-refractivity contribution in [2.45, 2.75) is 0 Å². The number of anilines is 1. The minimum Gasteiger partial charge on any atom is -0.478 e. The predicted molar refractivity (Wildman–Crippen MR) is 119 cm³/mol. The average Bonchev–Trinajstić information content (AvgIpc) is 2.79. The second-order valence-electron chi connectivity index (χ2n) is 6.51. The maximum absolute atomic E-state index is 12.8. The molecule has 0 fully saturated rings. The Balaban J connectivity index is 1.83. The van der Waals surface area contributed by atoms with Gasteiger partial charge in [-0.3, -0.25) is 9.59 Å². The van der Waals surface area contributed by atoms with E-state index in [1.54, 1.807) is 48.6 Å². The van der Waals surface area contributed by atoms with Crippen molar-refractivity contribution in [1.82, 2.24) is 5.32 Å². The van der Waals surface area contributed by atoms with Crippen molar-refractivity contribution in [2.75, 3.05) is 5.32 Å². The highest BCUT2D eigenvalue weighted by molar-refractivity contribution is 6.08. The summed E-state index contributed by atoms with van der Waals surface area (Å²) in [5.74, 6) is -2.12. The zero-order valence-electron chi connectivity index (χ0n) is 16.5. The molecule has 3 aromatic rings. The van der Waals surface area contributed by atoms with Crippen molar-refractivity contribution in [3.05, 3.63) is 119 Å². The van der Waals surface area contributed by atoms with Crippen molar-refractivity contribution in [2.24, 2.45) is 0 Å². The van der Waals surface area contributed by atoms with Gasteiger partial charge in [-0.05, 0) is 42.0 Å². The van der Waals surface area contributed by atoms with E-state index in [1.807, 2.05) is 30.3 Å². The Morgan fingerprint density at radius 2 is 1.42 bits per heavy atom. The third kappa shape index (κ3) is 6.27. The minimum absolute atomic E-state index is 0.0155.